The highest BCUT2D eigenvalue weighted by Crippen LogP contribution is 2.28. The monoisotopic (exact) mass is 300 g/mol. The van der Waals surface area contributed by atoms with Gasteiger partial charge in [0.2, 0.25) is 0 Å². The quantitative estimate of drug-likeness (QED) is 0.642. The molecule has 1 aromatic heterocycles. The van der Waals surface area contributed by atoms with Crippen molar-refractivity contribution in [3.63, 3.8) is 0 Å². The highest BCUT2D eigenvalue weighted by atomic mass is 35.5. The number of hydrogen-bond acceptors (Lipinski definition) is 1. The molecular formula is C17H14ClFN2. The molecule has 0 aliphatic heterocycles. The summed E-state index contributed by atoms with van der Waals surface area (Å²) in [6.07, 6.45) is 3.47. The van der Waals surface area contributed by atoms with Gasteiger partial charge in [-0.25, -0.2) is 9.37 Å². The van der Waals surface area contributed by atoms with Crippen molar-refractivity contribution >= 4 is 22.6 Å². The second-order valence-corrected chi connectivity index (χ2v) is 5.70. The molecule has 0 atom stereocenters. The van der Waals surface area contributed by atoms with Crippen molar-refractivity contribution in [2.45, 2.75) is 25.1 Å². The molecule has 1 aliphatic carbocycles. The fourth-order valence-electron chi connectivity index (χ4n) is 3.17. The Morgan fingerprint density at radius 2 is 1.95 bits per heavy atom. The van der Waals surface area contributed by atoms with E-state index in [2.05, 4.69) is 23.2 Å². The molecule has 0 N–H and O–H groups in total. The predicted molar refractivity (Wildman–Crippen MR) is 82.6 cm³/mol. The third-order valence-electron chi connectivity index (χ3n) is 4.15. The van der Waals surface area contributed by atoms with Crippen LogP contribution < -0.4 is 0 Å². The van der Waals surface area contributed by atoms with Gasteiger partial charge in [-0.1, -0.05) is 6.07 Å². The minimum absolute atomic E-state index is 0.258. The number of aryl methyl sites for hydroxylation is 2. The van der Waals surface area contributed by atoms with E-state index in [0.717, 1.165) is 35.4 Å². The molecule has 2 aromatic carbocycles. The van der Waals surface area contributed by atoms with Crippen molar-refractivity contribution in [2.75, 3.05) is 0 Å². The zero-order valence-corrected chi connectivity index (χ0v) is 12.2. The van der Waals surface area contributed by atoms with Crippen LogP contribution in [0.2, 0.25) is 0 Å². The van der Waals surface area contributed by atoms with Gasteiger partial charge < -0.3 is 0 Å². The van der Waals surface area contributed by atoms with Gasteiger partial charge in [-0.2, -0.15) is 0 Å². The average molecular weight is 301 g/mol. The van der Waals surface area contributed by atoms with Crippen LogP contribution in [-0.4, -0.2) is 9.55 Å². The molecule has 2 nitrogen and oxygen atoms in total. The number of rotatable bonds is 2. The predicted octanol–water partition coefficient (Wildman–Crippen LogP) is 4.39. The van der Waals surface area contributed by atoms with E-state index in [9.17, 15) is 4.39 Å². The van der Waals surface area contributed by atoms with Crippen LogP contribution in [0.15, 0.2) is 36.4 Å². The summed E-state index contributed by atoms with van der Waals surface area (Å²) in [5, 5.41) is 0. The van der Waals surface area contributed by atoms with E-state index in [1.807, 2.05) is 4.57 Å². The van der Waals surface area contributed by atoms with Crippen molar-refractivity contribution in [1.82, 2.24) is 9.55 Å². The number of nitrogens with zero attached hydrogens (tertiary/aromatic N) is 2. The Labute approximate surface area is 127 Å². The normalized spacial score (nSPS) is 13.8. The molecule has 21 heavy (non-hydrogen) atoms. The lowest BCUT2D eigenvalue weighted by atomic mass is 10.1. The zero-order chi connectivity index (χ0) is 14.4. The van der Waals surface area contributed by atoms with Gasteiger partial charge in [0.1, 0.15) is 11.6 Å². The van der Waals surface area contributed by atoms with E-state index in [1.165, 1.54) is 29.7 Å². The Balaban J connectivity index is 1.98. The topological polar surface area (TPSA) is 17.8 Å². The largest absolute Gasteiger partial charge is 0.295 e. The summed E-state index contributed by atoms with van der Waals surface area (Å²) in [4.78, 5) is 4.51. The van der Waals surface area contributed by atoms with E-state index in [1.54, 1.807) is 6.07 Å². The highest BCUT2D eigenvalue weighted by Gasteiger charge is 2.16. The second kappa shape index (κ2) is 4.85. The number of halogens is 2. The summed E-state index contributed by atoms with van der Waals surface area (Å²) in [6, 6.07) is 11.1. The summed E-state index contributed by atoms with van der Waals surface area (Å²) < 4.78 is 15.6. The Morgan fingerprint density at radius 3 is 2.81 bits per heavy atom. The van der Waals surface area contributed by atoms with E-state index in [4.69, 9.17) is 11.6 Å². The molecule has 0 amide bonds. The van der Waals surface area contributed by atoms with Crippen LogP contribution in [0.25, 0.3) is 16.7 Å². The van der Waals surface area contributed by atoms with Gasteiger partial charge in [0, 0.05) is 11.8 Å². The van der Waals surface area contributed by atoms with Gasteiger partial charge in [0.15, 0.2) is 0 Å². The molecule has 3 aromatic rings. The number of aromatic nitrogens is 2. The summed E-state index contributed by atoms with van der Waals surface area (Å²) in [5.41, 5.74) is 5.35. The summed E-state index contributed by atoms with van der Waals surface area (Å²) >= 11 is 6.03. The average Bonchev–Trinajstić information content (AvgIpc) is 3.09. The van der Waals surface area contributed by atoms with Gasteiger partial charge in [-0.3, -0.25) is 4.57 Å². The first-order chi connectivity index (χ1) is 10.3. The SMILES string of the molecule is Fc1ccc2nc(CCl)n(-c3ccc4c(c3)CCC4)c2c1. The van der Waals surface area contributed by atoms with Gasteiger partial charge in [0.05, 0.1) is 16.9 Å². The standard InChI is InChI=1S/C17H14ClFN2/c18-10-17-20-15-7-5-13(19)9-16(15)21(17)14-6-4-11-2-1-3-12(11)8-14/h4-9H,1-3,10H2. The number of imidazole rings is 1. The lowest BCUT2D eigenvalue weighted by Gasteiger charge is -2.10. The second-order valence-electron chi connectivity index (χ2n) is 5.44. The maximum absolute atomic E-state index is 13.6. The molecule has 0 saturated carbocycles. The van der Waals surface area contributed by atoms with Gasteiger partial charge >= 0.3 is 0 Å². The summed E-state index contributed by atoms with van der Waals surface area (Å²) in [5.74, 6) is 0.786. The van der Waals surface area contributed by atoms with E-state index < -0.39 is 0 Å². The van der Waals surface area contributed by atoms with Crippen LogP contribution in [0.5, 0.6) is 0 Å². The Bertz CT molecular complexity index is 838. The third-order valence-corrected chi connectivity index (χ3v) is 4.38. The highest BCUT2D eigenvalue weighted by molar-refractivity contribution is 6.17. The maximum Gasteiger partial charge on any atom is 0.129 e. The van der Waals surface area contributed by atoms with Gasteiger partial charge in [0.25, 0.3) is 0 Å². The lowest BCUT2D eigenvalue weighted by Crippen LogP contribution is -2.00. The lowest BCUT2D eigenvalue weighted by molar-refractivity contribution is 0.629. The van der Waals surface area contributed by atoms with Crippen molar-refractivity contribution in [3.8, 4) is 5.69 Å². The fourth-order valence-corrected chi connectivity index (χ4v) is 3.35. The molecule has 1 aliphatic rings. The first-order valence-corrected chi connectivity index (χ1v) is 7.65. The maximum atomic E-state index is 13.6. The Morgan fingerprint density at radius 1 is 1.10 bits per heavy atom. The van der Waals surface area contributed by atoms with E-state index in [-0.39, 0.29) is 5.82 Å². The van der Waals surface area contributed by atoms with Crippen molar-refractivity contribution in [2.24, 2.45) is 0 Å². The number of fused-ring (bicyclic) bond motifs is 2. The smallest absolute Gasteiger partial charge is 0.129 e. The van der Waals surface area contributed by atoms with Crippen LogP contribution in [-0.2, 0) is 18.7 Å². The number of hydrogen-bond donors (Lipinski definition) is 0. The molecule has 0 fully saturated rings. The Hall–Kier alpha value is -1.87. The molecule has 0 unspecified atom stereocenters. The van der Waals surface area contributed by atoms with Crippen LogP contribution in [0.1, 0.15) is 23.4 Å². The van der Waals surface area contributed by atoms with E-state index in [0.29, 0.717) is 5.88 Å². The fraction of sp³-hybridized carbons (Fsp3) is 0.235. The van der Waals surface area contributed by atoms with Gasteiger partial charge in [-0.15, -0.1) is 11.6 Å². The van der Waals surface area contributed by atoms with Gasteiger partial charge in [-0.05, 0) is 54.7 Å². The molecular weight excluding hydrogens is 287 g/mol. The van der Waals surface area contributed by atoms with Crippen LogP contribution in [0.3, 0.4) is 0 Å². The molecule has 0 bridgehead atoms. The minimum atomic E-state index is -0.258. The van der Waals surface area contributed by atoms with Crippen LogP contribution in [0.4, 0.5) is 4.39 Å². The first kappa shape index (κ1) is 12.8. The molecule has 4 rings (SSSR count). The van der Waals surface area contributed by atoms with E-state index >= 15 is 0 Å². The third kappa shape index (κ3) is 2.04. The molecule has 0 saturated heterocycles. The minimum Gasteiger partial charge on any atom is -0.295 e. The first-order valence-electron chi connectivity index (χ1n) is 7.11. The summed E-state index contributed by atoms with van der Waals surface area (Å²) in [6.45, 7) is 0. The molecule has 1 heterocycles. The van der Waals surface area contributed by atoms with Crippen molar-refractivity contribution < 1.29 is 4.39 Å². The van der Waals surface area contributed by atoms with Crippen LogP contribution >= 0.6 is 11.6 Å². The summed E-state index contributed by atoms with van der Waals surface area (Å²) in [7, 11) is 0. The van der Waals surface area contributed by atoms with Crippen molar-refractivity contribution in [3.05, 3.63) is 59.2 Å². The molecule has 4 heteroatoms. The zero-order valence-electron chi connectivity index (χ0n) is 11.4. The van der Waals surface area contributed by atoms with Crippen LogP contribution in [0, 0.1) is 5.82 Å². The molecule has 106 valence electrons. The number of alkyl halides is 1. The Kier molecular flexibility index (Phi) is 2.96. The van der Waals surface area contributed by atoms with Crippen molar-refractivity contribution in [1.29, 1.82) is 0 Å². The molecule has 0 spiro atoms. The number of benzene rings is 2. The molecule has 0 radical (unpaired) electrons.